The van der Waals surface area contributed by atoms with E-state index in [9.17, 15) is 13.6 Å². The molecule has 1 heterocycles. The number of hydrogen-bond donors (Lipinski definition) is 2. The molecule has 0 radical (unpaired) electrons. The van der Waals surface area contributed by atoms with Crippen molar-refractivity contribution in [2.75, 3.05) is 6.79 Å². The summed E-state index contributed by atoms with van der Waals surface area (Å²) in [6, 6.07) is 6.64. The Morgan fingerprint density at radius 2 is 2.00 bits per heavy atom. The number of carbonyl (C=O) groups is 1. The Bertz CT molecular complexity index is 766. The van der Waals surface area contributed by atoms with E-state index < -0.39 is 23.5 Å². The number of ether oxygens (including phenoxy) is 3. The number of carboxylic acid groups (broad SMARTS) is 1. The molecule has 120 valence electrons. The van der Waals surface area contributed by atoms with Crippen molar-refractivity contribution in [3.05, 3.63) is 47.5 Å². The van der Waals surface area contributed by atoms with Gasteiger partial charge in [0.25, 0.3) is 0 Å². The van der Waals surface area contributed by atoms with Crippen LogP contribution in [0.25, 0.3) is 0 Å². The predicted octanol–water partition coefficient (Wildman–Crippen LogP) is 3.25. The molecular formula is C15H11F2NO5. The van der Waals surface area contributed by atoms with E-state index in [1.165, 1.54) is 12.1 Å². The van der Waals surface area contributed by atoms with Gasteiger partial charge >= 0.3 is 6.09 Å². The van der Waals surface area contributed by atoms with Crippen LogP contribution in [0, 0.1) is 11.6 Å². The highest BCUT2D eigenvalue weighted by Crippen LogP contribution is 2.37. The first kappa shape index (κ1) is 14.9. The first-order chi connectivity index (χ1) is 11.0. The summed E-state index contributed by atoms with van der Waals surface area (Å²) in [5, 5.41) is 10.6. The lowest BCUT2D eigenvalue weighted by Gasteiger charge is -2.11. The zero-order chi connectivity index (χ0) is 16.4. The van der Waals surface area contributed by atoms with E-state index in [0.29, 0.717) is 11.5 Å². The molecule has 2 aromatic rings. The third kappa shape index (κ3) is 3.10. The fraction of sp³-hybridized carbons (Fsp3) is 0.133. The lowest BCUT2D eigenvalue weighted by Crippen LogP contribution is -2.20. The van der Waals surface area contributed by atoms with E-state index in [1.54, 1.807) is 6.07 Å². The van der Waals surface area contributed by atoms with Crippen molar-refractivity contribution in [3.8, 4) is 23.0 Å². The summed E-state index contributed by atoms with van der Waals surface area (Å²) in [5.74, 6) is -1.41. The normalized spacial score (nSPS) is 12.1. The molecule has 23 heavy (non-hydrogen) atoms. The van der Waals surface area contributed by atoms with Gasteiger partial charge in [-0.3, -0.25) is 0 Å². The Morgan fingerprint density at radius 3 is 2.78 bits per heavy atom. The highest BCUT2D eigenvalue weighted by Gasteiger charge is 2.19. The number of fused-ring (bicyclic) bond motifs is 1. The maximum atomic E-state index is 14.3. The van der Waals surface area contributed by atoms with Crippen LogP contribution in [0.15, 0.2) is 30.3 Å². The van der Waals surface area contributed by atoms with E-state index in [0.717, 1.165) is 12.1 Å². The lowest BCUT2D eigenvalue weighted by molar-refractivity contribution is 0.174. The van der Waals surface area contributed by atoms with Gasteiger partial charge in [-0.15, -0.1) is 0 Å². The minimum absolute atomic E-state index is 0.0375. The molecule has 8 heteroatoms. The van der Waals surface area contributed by atoms with Crippen molar-refractivity contribution in [1.82, 2.24) is 5.32 Å². The average molecular weight is 323 g/mol. The summed E-state index contributed by atoms with van der Waals surface area (Å²) >= 11 is 0. The summed E-state index contributed by atoms with van der Waals surface area (Å²) < 4.78 is 43.7. The highest BCUT2D eigenvalue weighted by atomic mass is 19.1. The molecule has 2 aromatic carbocycles. The highest BCUT2D eigenvalue weighted by molar-refractivity contribution is 5.64. The van der Waals surface area contributed by atoms with Crippen LogP contribution in [0.1, 0.15) is 5.56 Å². The molecule has 3 rings (SSSR count). The fourth-order valence-electron chi connectivity index (χ4n) is 2.03. The Labute approximate surface area is 129 Å². The van der Waals surface area contributed by atoms with Crippen molar-refractivity contribution in [3.63, 3.8) is 0 Å². The van der Waals surface area contributed by atoms with Crippen LogP contribution in [0.2, 0.25) is 0 Å². The number of benzene rings is 2. The monoisotopic (exact) mass is 323 g/mol. The summed E-state index contributed by atoms with van der Waals surface area (Å²) in [5.41, 5.74) is -0.0375. The summed E-state index contributed by atoms with van der Waals surface area (Å²) in [6.07, 6.45) is -1.31. The van der Waals surface area contributed by atoms with E-state index >= 15 is 0 Å². The number of halogens is 2. The molecule has 1 amide bonds. The van der Waals surface area contributed by atoms with Gasteiger partial charge < -0.3 is 24.6 Å². The third-order valence-electron chi connectivity index (χ3n) is 3.12. The molecule has 0 saturated heterocycles. The Kier molecular flexibility index (Phi) is 3.88. The van der Waals surface area contributed by atoms with Crippen molar-refractivity contribution < 1.29 is 32.9 Å². The quantitative estimate of drug-likeness (QED) is 0.903. The lowest BCUT2D eigenvalue weighted by atomic mass is 10.2. The van der Waals surface area contributed by atoms with Crippen molar-refractivity contribution in [1.29, 1.82) is 0 Å². The third-order valence-corrected chi connectivity index (χ3v) is 3.12. The van der Waals surface area contributed by atoms with Gasteiger partial charge in [0.05, 0.1) is 0 Å². The second-order valence-electron chi connectivity index (χ2n) is 4.63. The minimum Gasteiger partial charge on any atom is -0.465 e. The van der Waals surface area contributed by atoms with Crippen molar-refractivity contribution in [2.45, 2.75) is 6.54 Å². The van der Waals surface area contributed by atoms with Crippen LogP contribution in [0.5, 0.6) is 23.0 Å². The molecule has 2 N–H and O–H groups in total. The molecule has 0 saturated carbocycles. The summed E-state index contributed by atoms with van der Waals surface area (Å²) in [4.78, 5) is 10.5. The van der Waals surface area contributed by atoms with Crippen LogP contribution >= 0.6 is 0 Å². The zero-order valence-corrected chi connectivity index (χ0v) is 11.6. The first-order valence-electron chi connectivity index (χ1n) is 6.56. The topological polar surface area (TPSA) is 77.0 Å². The molecular weight excluding hydrogens is 312 g/mol. The molecule has 0 aromatic heterocycles. The van der Waals surface area contributed by atoms with E-state index in [4.69, 9.17) is 19.3 Å². The standard InChI is InChI=1S/C15H11F2NO5/c16-10-3-1-8(6-18-15(19)20)13(17)14(10)23-9-2-4-11-12(5-9)22-7-21-11/h1-5,18H,6-7H2,(H,19,20). The van der Waals surface area contributed by atoms with Gasteiger partial charge in [0, 0.05) is 18.2 Å². The van der Waals surface area contributed by atoms with Crippen LogP contribution < -0.4 is 19.5 Å². The second kappa shape index (κ2) is 5.99. The van der Waals surface area contributed by atoms with Crippen LogP contribution in [0.3, 0.4) is 0 Å². The van der Waals surface area contributed by atoms with Crippen LogP contribution in [-0.2, 0) is 6.54 Å². The molecule has 0 fully saturated rings. The molecule has 1 aliphatic heterocycles. The van der Waals surface area contributed by atoms with Crippen molar-refractivity contribution >= 4 is 6.09 Å². The Hall–Kier alpha value is -3.03. The number of hydrogen-bond acceptors (Lipinski definition) is 4. The number of nitrogens with one attached hydrogen (secondary N) is 1. The summed E-state index contributed by atoms with van der Waals surface area (Å²) in [7, 11) is 0. The molecule has 0 unspecified atom stereocenters. The van der Waals surface area contributed by atoms with Crippen LogP contribution in [-0.4, -0.2) is 18.0 Å². The molecule has 0 atom stereocenters. The molecule has 6 nitrogen and oxygen atoms in total. The zero-order valence-electron chi connectivity index (χ0n) is 11.6. The van der Waals surface area contributed by atoms with E-state index in [1.807, 2.05) is 5.32 Å². The fourth-order valence-corrected chi connectivity index (χ4v) is 2.03. The average Bonchev–Trinajstić information content (AvgIpc) is 2.98. The van der Waals surface area contributed by atoms with Gasteiger partial charge in [-0.05, 0) is 18.2 Å². The Morgan fingerprint density at radius 1 is 1.22 bits per heavy atom. The van der Waals surface area contributed by atoms with Gasteiger partial charge in [-0.2, -0.15) is 0 Å². The van der Waals surface area contributed by atoms with Gasteiger partial charge in [-0.1, -0.05) is 6.07 Å². The van der Waals surface area contributed by atoms with Gasteiger partial charge in [0.1, 0.15) is 5.75 Å². The number of amides is 1. The smallest absolute Gasteiger partial charge is 0.404 e. The van der Waals surface area contributed by atoms with Crippen molar-refractivity contribution in [2.24, 2.45) is 0 Å². The number of rotatable bonds is 4. The maximum absolute atomic E-state index is 14.3. The molecule has 1 aliphatic rings. The van der Waals surface area contributed by atoms with Gasteiger partial charge in [-0.25, -0.2) is 13.6 Å². The van der Waals surface area contributed by atoms with Crippen LogP contribution in [0.4, 0.5) is 13.6 Å². The largest absolute Gasteiger partial charge is 0.465 e. The van der Waals surface area contributed by atoms with Gasteiger partial charge in [0.2, 0.25) is 6.79 Å². The molecule has 0 spiro atoms. The molecule has 0 aliphatic carbocycles. The van der Waals surface area contributed by atoms with E-state index in [-0.39, 0.29) is 24.7 Å². The minimum atomic E-state index is -1.31. The van der Waals surface area contributed by atoms with Gasteiger partial charge in [0.15, 0.2) is 28.9 Å². The predicted molar refractivity (Wildman–Crippen MR) is 73.9 cm³/mol. The second-order valence-corrected chi connectivity index (χ2v) is 4.63. The molecule has 0 bridgehead atoms. The SMILES string of the molecule is O=C(O)NCc1ccc(F)c(Oc2ccc3c(c2)OCO3)c1F. The van der Waals surface area contributed by atoms with E-state index in [2.05, 4.69) is 0 Å². The summed E-state index contributed by atoms with van der Waals surface area (Å²) in [6.45, 7) is -0.239. The Balaban J connectivity index is 1.87. The maximum Gasteiger partial charge on any atom is 0.404 e. The first-order valence-corrected chi connectivity index (χ1v) is 6.56.